The highest BCUT2D eigenvalue weighted by Crippen LogP contribution is 2.36. The number of halogens is 2. The maximum absolute atomic E-state index is 13.9. The number of pyridine rings is 1. The van der Waals surface area contributed by atoms with Gasteiger partial charge in [0.25, 0.3) is 5.91 Å². The maximum Gasteiger partial charge on any atom is 0.255 e. The number of benzene rings is 1. The summed E-state index contributed by atoms with van der Waals surface area (Å²) in [6, 6.07) is 8.38. The lowest BCUT2D eigenvalue weighted by Gasteiger charge is -2.38. The summed E-state index contributed by atoms with van der Waals surface area (Å²) in [5.74, 6) is 0.165. The molecule has 2 aromatic rings. The van der Waals surface area contributed by atoms with E-state index in [1.54, 1.807) is 29.3 Å². The number of nitrogens with one attached hydrogen (secondary N) is 1. The Morgan fingerprint density at radius 1 is 1.17 bits per heavy atom. The quantitative estimate of drug-likeness (QED) is 0.781. The van der Waals surface area contributed by atoms with E-state index in [2.05, 4.69) is 10.3 Å². The molecule has 3 heterocycles. The van der Waals surface area contributed by atoms with Crippen LogP contribution in [0.3, 0.4) is 0 Å². The first-order chi connectivity index (χ1) is 14.6. The van der Waals surface area contributed by atoms with Crippen molar-refractivity contribution in [1.29, 1.82) is 0 Å². The number of anilines is 1. The van der Waals surface area contributed by atoms with Crippen molar-refractivity contribution < 1.29 is 18.7 Å². The number of morpholine rings is 1. The van der Waals surface area contributed by atoms with Crippen LogP contribution < -0.4 is 5.32 Å². The predicted octanol–water partition coefficient (Wildman–Crippen LogP) is 3.51. The Bertz CT molecular complexity index is 899. The second-order valence-corrected chi connectivity index (χ2v) is 8.12. The number of carbonyl (C=O) groups is 1. The Balaban J connectivity index is 1.49. The normalized spacial score (nSPS) is 18.8. The molecule has 0 atom stereocenters. The molecular formula is C22H25ClFN3O3. The molecule has 0 bridgehead atoms. The largest absolute Gasteiger partial charge is 0.381 e. The van der Waals surface area contributed by atoms with E-state index in [0.29, 0.717) is 62.5 Å². The van der Waals surface area contributed by atoms with E-state index in [4.69, 9.17) is 21.1 Å². The molecular weight excluding hydrogens is 409 g/mol. The smallest absolute Gasteiger partial charge is 0.255 e. The molecule has 0 saturated carbocycles. The Labute approximate surface area is 180 Å². The highest BCUT2D eigenvalue weighted by Gasteiger charge is 2.35. The molecule has 2 fully saturated rings. The van der Waals surface area contributed by atoms with Gasteiger partial charge in [0.1, 0.15) is 11.6 Å². The highest BCUT2D eigenvalue weighted by molar-refractivity contribution is 6.33. The van der Waals surface area contributed by atoms with Gasteiger partial charge < -0.3 is 19.7 Å². The van der Waals surface area contributed by atoms with Gasteiger partial charge in [-0.15, -0.1) is 0 Å². The van der Waals surface area contributed by atoms with Crippen molar-refractivity contribution in [1.82, 2.24) is 9.88 Å². The second kappa shape index (κ2) is 9.29. The van der Waals surface area contributed by atoms with Gasteiger partial charge in [0, 0.05) is 44.5 Å². The summed E-state index contributed by atoms with van der Waals surface area (Å²) in [5, 5.41) is 3.71. The summed E-state index contributed by atoms with van der Waals surface area (Å²) in [5.41, 5.74) is 1.13. The third kappa shape index (κ3) is 4.58. The topological polar surface area (TPSA) is 63.7 Å². The van der Waals surface area contributed by atoms with Crippen LogP contribution in [0.2, 0.25) is 5.02 Å². The fraction of sp³-hybridized carbons (Fsp3) is 0.455. The predicted molar refractivity (Wildman–Crippen MR) is 113 cm³/mol. The van der Waals surface area contributed by atoms with Crippen LogP contribution in [0.15, 0.2) is 36.5 Å². The summed E-state index contributed by atoms with van der Waals surface area (Å²) in [4.78, 5) is 18.8. The van der Waals surface area contributed by atoms with Gasteiger partial charge in [0.2, 0.25) is 0 Å². The molecule has 2 aliphatic heterocycles. The fourth-order valence-corrected chi connectivity index (χ4v) is 4.27. The number of ether oxygens (including phenoxy) is 2. The number of nitrogens with zero attached hydrogens (tertiary/aromatic N) is 2. The zero-order valence-corrected chi connectivity index (χ0v) is 17.5. The van der Waals surface area contributed by atoms with E-state index in [1.807, 2.05) is 6.07 Å². The van der Waals surface area contributed by atoms with Crippen LogP contribution in [-0.4, -0.2) is 61.9 Å². The number of rotatable bonds is 5. The van der Waals surface area contributed by atoms with Gasteiger partial charge >= 0.3 is 0 Å². The van der Waals surface area contributed by atoms with Crippen molar-refractivity contribution in [3.05, 3.63) is 58.5 Å². The molecule has 2 saturated heterocycles. The second-order valence-electron chi connectivity index (χ2n) is 7.72. The summed E-state index contributed by atoms with van der Waals surface area (Å²) >= 11 is 6.44. The van der Waals surface area contributed by atoms with Crippen LogP contribution in [0, 0.1) is 5.82 Å². The van der Waals surface area contributed by atoms with Crippen LogP contribution in [0.5, 0.6) is 0 Å². The Morgan fingerprint density at radius 3 is 2.60 bits per heavy atom. The van der Waals surface area contributed by atoms with E-state index in [9.17, 15) is 9.18 Å². The minimum atomic E-state index is -0.270. The molecule has 1 aromatic heterocycles. The standard InChI is InChI=1S/C22H25ClFN3O3/c23-19-12-16(21(28)27-6-10-30-11-7-27)14-25-20(19)26-15-22(4-8-29-9-5-22)17-2-1-3-18(24)13-17/h1-3,12-14H,4-11,15H2,(H,25,26). The first kappa shape index (κ1) is 21.0. The van der Waals surface area contributed by atoms with Crippen molar-refractivity contribution in [3.8, 4) is 0 Å². The zero-order valence-electron chi connectivity index (χ0n) is 16.7. The van der Waals surface area contributed by atoms with E-state index in [-0.39, 0.29) is 17.1 Å². The first-order valence-electron chi connectivity index (χ1n) is 10.2. The molecule has 0 radical (unpaired) electrons. The maximum atomic E-state index is 13.9. The van der Waals surface area contributed by atoms with Gasteiger partial charge in [-0.1, -0.05) is 23.7 Å². The van der Waals surface area contributed by atoms with Crippen LogP contribution in [-0.2, 0) is 14.9 Å². The number of hydrogen-bond acceptors (Lipinski definition) is 5. The Hall–Kier alpha value is -2.22. The van der Waals surface area contributed by atoms with E-state index >= 15 is 0 Å². The van der Waals surface area contributed by atoms with Crippen molar-refractivity contribution in [2.24, 2.45) is 0 Å². The van der Waals surface area contributed by atoms with Gasteiger partial charge in [-0.25, -0.2) is 9.37 Å². The SMILES string of the molecule is O=C(c1cnc(NCC2(c3cccc(F)c3)CCOCC2)c(Cl)c1)N1CCOCC1. The molecule has 4 rings (SSSR count). The van der Waals surface area contributed by atoms with Gasteiger partial charge in [0.05, 0.1) is 23.8 Å². The van der Waals surface area contributed by atoms with Crippen molar-refractivity contribution in [3.63, 3.8) is 0 Å². The third-order valence-electron chi connectivity index (χ3n) is 5.87. The number of aromatic nitrogens is 1. The van der Waals surface area contributed by atoms with Crippen LogP contribution in [0.4, 0.5) is 10.2 Å². The molecule has 8 heteroatoms. The highest BCUT2D eigenvalue weighted by atomic mass is 35.5. The van der Waals surface area contributed by atoms with E-state index in [0.717, 1.165) is 18.4 Å². The first-order valence-corrected chi connectivity index (χ1v) is 10.6. The lowest BCUT2D eigenvalue weighted by molar-refractivity contribution is 0.0302. The minimum Gasteiger partial charge on any atom is -0.381 e. The summed E-state index contributed by atoms with van der Waals surface area (Å²) in [6.45, 7) is 3.99. The molecule has 0 spiro atoms. The lowest BCUT2D eigenvalue weighted by atomic mass is 9.74. The molecule has 160 valence electrons. The van der Waals surface area contributed by atoms with Gasteiger partial charge in [-0.3, -0.25) is 4.79 Å². The molecule has 1 amide bonds. The molecule has 0 aliphatic carbocycles. The van der Waals surface area contributed by atoms with Crippen LogP contribution in [0.1, 0.15) is 28.8 Å². The number of carbonyl (C=O) groups excluding carboxylic acids is 1. The molecule has 30 heavy (non-hydrogen) atoms. The summed E-state index contributed by atoms with van der Waals surface area (Å²) < 4.78 is 24.7. The average molecular weight is 434 g/mol. The Morgan fingerprint density at radius 2 is 1.90 bits per heavy atom. The molecule has 1 aromatic carbocycles. The lowest BCUT2D eigenvalue weighted by Crippen LogP contribution is -2.41. The summed E-state index contributed by atoms with van der Waals surface area (Å²) in [6.07, 6.45) is 3.09. The van der Waals surface area contributed by atoms with Crippen molar-refractivity contribution in [2.75, 3.05) is 51.4 Å². The minimum absolute atomic E-state index is 0.0973. The van der Waals surface area contributed by atoms with E-state index in [1.165, 1.54) is 6.07 Å². The van der Waals surface area contributed by atoms with Crippen molar-refractivity contribution >= 4 is 23.3 Å². The number of amides is 1. The number of hydrogen-bond donors (Lipinski definition) is 1. The zero-order chi connectivity index (χ0) is 21.0. The summed E-state index contributed by atoms with van der Waals surface area (Å²) in [7, 11) is 0. The van der Waals surface area contributed by atoms with E-state index < -0.39 is 0 Å². The van der Waals surface area contributed by atoms with Crippen molar-refractivity contribution in [2.45, 2.75) is 18.3 Å². The van der Waals surface area contributed by atoms with Gasteiger partial charge in [-0.2, -0.15) is 0 Å². The Kier molecular flexibility index (Phi) is 6.51. The monoisotopic (exact) mass is 433 g/mol. The third-order valence-corrected chi connectivity index (χ3v) is 6.16. The molecule has 1 N–H and O–H groups in total. The molecule has 0 unspecified atom stereocenters. The van der Waals surface area contributed by atoms with Crippen LogP contribution in [0.25, 0.3) is 0 Å². The molecule has 2 aliphatic rings. The van der Waals surface area contributed by atoms with Crippen LogP contribution >= 0.6 is 11.6 Å². The van der Waals surface area contributed by atoms with Gasteiger partial charge in [0.15, 0.2) is 0 Å². The van der Waals surface area contributed by atoms with Gasteiger partial charge in [-0.05, 0) is 36.6 Å². The average Bonchev–Trinajstić information content (AvgIpc) is 2.79. The fourth-order valence-electron chi connectivity index (χ4n) is 4.03. The molecule has 6 nitrogen and oxygen atoms in total.